The van der Waals surface area contributed by atoms with Crippen LogP contribution in [0.2, 0.25) is 0 Å². The minimum atomic E-state index is -0.136. The average molecular weight is 564 g/mol. The van der Waals surface area contributed by atoms with Gasteiger partial charge in [0.1, 0.15) is 0 Å². The fourth-order valence-corrected chi connectivity index (χ4v) is 7.11. The Morgan fingerprint density at radius 3 is 1.57 bits per heavy atom. The van der Waals surface area contributed by atoms with E-state index in [1.165, 1.54) is 61.0 Å². The Hall–Kier alpha value is -5.40. The van der Waals surface area contributed by atoms with E-state index >= 15 is 0 Å². The molecular formula is C43H33N. The van der Waals surface area contributed by atoms with Gasteiger partial charge in [0, 0.05) is 22.2 Å². The van der Waals surface area contributed by atoms with E-state index < -0.39 is 0 Å². The first-order valence-corrected chi connectivity index (χ1v) is 15.4. The zero-order chi connectivity index (χ0) is 29.7. The van der Waals surface area contributed by atoms with Gasteiger partial charge < -0.3 is 4.90 Å². The zero-order valence-electron chi connectivity index (χ0n) is 25.0. The lowest BCUT2D eigenvalue weighted by molar-refractivity contribution is 0.666. The maximum Gasteiger partial charge on any atom is 0.0546 e. The van der Waals surface area contributed by atoms with Crippen molar-refractivity contribution >= 4 is 27.8 Å². The largest absolute Gasteiger partial charge is 0.310 e. The van der Waals surface area contributed by atoms with Crippen molar-refractivity contribution in [3.63, 3.8) is 0 Å². The number of para-hydroxylation sites is 1. The Balaban J connectivity index is 1.35. The summed E-state index contributed by atoms with van der Waals surface area (Å²) in [7, 11) is 0. The summed E-state index contributed by atoms with van der Waals surface area (Å²) in [5.74, 6) is 0. The van der Waals surface area contributed by atoms with Gasteiger partial charge in [0.25, 0.3) is 0 Å². The molecule has 7 aromatic carbocycles. The molecule has 0 aromatic heterocycles. The Labute approximate surface area is 259 Å². The van der Waals surface area contributed by atoms with Crippen LogP contribution in [0.5, 0.6) is 0 Å². The summed E-state index contributed by atoms with van der Waals surface area (Å²) in [6.07, 6.45) is 0. The number of hydrogen-bond acceptors (Lipinski definition) is 1. The topological polar surface area (TPSA) is 3.24 Å². The molecule has 1 aliphatic rings. The van der Waals surface area contributed by atoms with Crippen LogP contribution in [0.3, 0.4) is 0 Å². The fourth-order valence-electron chi connectivity index (χ4n) is 7.11. The van der Waals surface area contributed by atoms with Crippen LogP contribution in [-0.2, 0) is 5.41 Å². The molecule has 0 bridgehead atoms. The van der Waals surface area contributed by atoms with E-state index in [-0.39, 0.29) is 5.41 Å². The molecule has 0 N–H and O–H groups in total. The van der Waals surface area contributed by atoms with Gasteiger partial charge in [-0.25, -0.2) is 0 Å². The number of nitrogens with zero attached hydrogens (tertiary/aromatic N) is 1. The summed E-state index contributed by atoms with van der Waals surface area (Å²) in [6, 6.07) is 59.4. The monoisotopic (exact) mass is 563 g/mol. The molecule has 8 rings (SSSR count). The summed E-state index contributed by atoms with van der Waals surface area (Å²) in [5.41, 5.74) is 13.7. The second kappa shape index (κ2) is 10.4. The lowest BCUT2D eigenvalue weighted by Crippen LogP contribution is -2.16. The van der Waals surface area contributed by atoms with E-state index in [4.69, 9.17) is 0 Å². The van der Waals surface area contributed by atoms with Crippen molar-refractivity contribution in [3.05, 3.63) is 175 Å². The predicted octanol–water partition coefficient (Wildman–Crippen LogP) is 11.9. The smallest absolute Gasteiger partial charge is 0.0546 e. The van der Waals surface area contributed by atoms with E-state index in [0.717, 1.165) is 11.4 Å². The third kappa shape index (κ3) is 4.24. The van der Waals surface area contributed by atoms with E-state index in [1.807, 2.05) is 0 Å². The molecule has 44 heavy (non-hydrogen) atoms. The molecule has 0 saturated carbocycles. The van der Waals surface area contributed by atoms with Crippen LogP contribution in [0.25, 0.3) is 44.2 Å². The summed E-state index contributed by atoms with van der Waals surface area (Å²) in [4.78, 5) is 2.42. The molecule has 0 spiro atoms. The summed E-state index contributed by atoms with van der Waals surface area (Å²) in [5, 5.41) is 2.57. The molecule has 0 aliphatic heterocycles. The highest BCUT2D eigenvalue weighted by Gasteiger charge is 2.38. The number of anilines is 3. The van der Waals surface area contributed by atoms with Crippen molar-refractivity contribution in [3.8, 4) is 33.4 Å². The van der Waals surface area contributed by atoms with Gasteiger partial charge in [-0.3, -0.25) is 0 Å². The molecule has 0 unspecified atom stereocenters. The van der Waals surface area contributed by atoms with Crippen molar-refractivity contribution in [1.29, 1.82) is 0 Å². The zero-order valence-corrected chi connectivity index (χ0v) is 25.0. The van der Waals surface area contributed by atoms with Gasteiger partial charge in [0.2, 0.25) is 0 Å². The maximum absolute atomic E-state index is 2.44. The lowest BCUT2D eigenvalue weighted by atomic mass is 9.79. The molecule has 0 fully saturated rings. The van der Waals surface area contributed by atoms with Gasteiger partial charge in [-0.1, -0.05) is 141 Å². The van der Waals surface area contributed by atoms with Crippen LogP contribution in [0.4, 0.5) is 17.1 Å². The number of benzene rings is 7. The normalized spacial score (nSPS) is 13.0. The van der Waals surface area contributed by atoms with Crippen molar-refractivity contribution in [2.45, 2.75) is 19.3 Å². The first-order chi connectivity index (χ1) is 21.6. The number of hydrogen-bond donors (Lipinski definition) is 0. The number of rotatable bonds is 5. The molecule has 7 aromatic rings. The molecule has 0 atom stereocenters. The quantitative estimate of drug-likeness (QED) is 0.201. The van der Waals surface area contributed by atoms with Crippen molar-refractivity contribution in [2.24, 2.45) is 0 Å². The van der Waals surface area contributed by atoms with Gasteiger partial charge >= 0.3 is 0 Å². The second-order valence-electron chi connectivity index (χ2n) is 12.2. The third-order valence-corrected chi connectivity index (χ3v) is 9.23. The highest BCUT2D eigenvalue weighted by atomic mass is 15.1. The van der Waals surface area contributed by atoms with Gasteiger partial charge in [-0.2, -0.15) is 0 Å². The lowest BCUT2D eigenvalue weighted by Gasteiger charge is -2.29. The molecule has 1 aliphatic carbocycles. The van der Waals surface area contributed by atoms with Crippen LogP contribution in [0.1, 0.15) is 25.0 Å². The molecule has 1 nitrogen and oxygen atoms in total. The second-order valence-corrected chi connectivity index (χ2v) is 12.2. The van der Waals surface area contributed by atoms with Crippen LogP contribution in [0.15, 0.2) is 164 Å². The fraction of sp³-hybridized carbons (Fsp3) is 0.0698. The van der Waals surface area contributed by atoms with Crippen LogP contribution in [-0.4, -0.2) is 0 Å². The first kappa shape index (κ1) is 26.2. The Kier molecular flexibility index (Phi) is 6.20. The van der Waals surface area contributed by atoms with E-state index in [9.17, 15) is 0 Å². The molecule has 0 heterocycles. The van der Waals surface area contributed by atoms with Crippen LogP contribution >= 0.6 is 0 Å². The molecule has 1 heteroatoms. The Morgan fingerprint density at radius 2 is 0.909 bits per heavy atom. The summed E-state index contributed by atoms with van der Waals surface area (Å²) in [6.45, 7) is 4.77. The van der Waals surface area contributed by atoms with Crippen molar-refractivity contribution in [2.75, 3.05) is 4.90 Å². The van der Waals surface area contributed by atoms with Crippen LogP contribution in [0, 0.1) is 0 Å². The van der Waals surface area contributed by atoms with E-state index in [0.29, 0.717) is 0 Å². The Morgan fingerprint density at radius 1 is 0.409 bits per heavy atom. The predicted molar refractivity (Wildman–Crippen MR) is 187 cm³/mol. The van der Waals surface area contributed by atoms with Crippen molar-refractivity contribution in [1.82, 2.24) is 0 Å². The average Bonchev–Trinajstić information content (AvgIpc) is 3.32. The third-order valence-electron chi connectivity index (χ3n) is 9.23. The van der Waals surface area contributed by atoms with Gasteiger partial charge in [-0.15, -0.1) is 0 Å². The van der Waals surface area contributed by atoms with E-state index in [2.05, 4.69) is 183 Å². The summed E-state index contributed by atoms with van der Waals surface area (Å²) >= 11 is 0. The SMILES string of the molecule is CC1(C)c2cc(-c3ccccc3)ccc2-c2cc(N(c3ccccc3)c3ccc(-c4ccccc4)cc3)c3ccccc3c21. The van der Waals surface area contributed by atoms with Gasteiger partial charge in [-0.05, 0) is 86.3 Å². The highest BCUT2D eigenvalue weighted by molar-refractivity contribution is 6.07. The minimum Gasteiger partial charge on any atom is -0.310 e. The molecule has 210 valence electrons. The molecule has 0 amide bonds. The van der Waals surface area contributed by atoms with Crippen molar-refractivity contribution < 1.29 is 0 Å². The Bertz CT molecular complexity index is 2110. The standard InChI is InChI=1S/C43H33N/c1-43(2)40-28-33(31-16-8-4-9-17-31)24-27-36(40)39-29-41(37-20-12-13-21-38(37)42(39)43)44(34-18-10-5-11-19-34)35-25-22-32(23-26-35)30-14-6-3-7-15-30/h3-29H,1-2H3. The highest BCUT2D eigenvalue weighted by Crippen LogP contribution is 2.55. The molecule has 0 saturated heterocycles. The molecular weight excluding hydrogens is 530 g/mol. The number of fused-ring (bicyclic) bond motifs is 5. The van der Waals surface area contributed by atoms with Crippen LogP contribution < -0.4 is 4.90 Å². The van der Waals surface area contributed by atoms with Gasteiger partial charge in [0.15, 0.2) is 0 Å². The minimum absolute atomic E-state index is 0.136. The summed E-state index contributed by atoms with van der Waals surface area (Å²) < 4.78 is 0. The van der Waals surface area contributed by atoms with Gasteiger partial charge in [0.05, 0.1) is 5.69 Å². The maximum atomic E-state index is 2.44. The molecule has 0 radical (unpaired) electrons. The van der Waals surface area contributed by atoms with E-state index in [1.54, 1.807) is 0 Å². The first-order valence-electron chi connectivity index (χ1n) is 15.4.